The van der Waals surface area contributed by atoms with E-state index in [1.807, 2.05) is 0 Å². The summed E-state index contributed by atoms with van der Waals surface area (Å²) in [5.41, 5.74) is -1.71. The lowest BCUT2D eigenvalue weighted by Crippen LogP contribution is -2.40. The summed E-state index contributed by atoms with van der Waals surface area (Å²) in [6.45, 7) is 10.8. The molecule has 0 fully saturated rings. The van der Waals surface area contributed by atoms with Gasteiger partial charge in [-0.3, -0.25) is 14.1 Å². The van der Waals surface area contributed by atoms with Gasteiger partial charge in [0.05, 0.1) is 18.0 Å². The second kappa shape index (κ2) is 6.71. The van der Waals surface area contributed by atoms with E-state index < -0.39 is 31.5 Å². The van der Waals surface area contributed by atoms with Gasteiger partial charge < -0.3 is 15.1 Å². The van der Waals surface area contributed by atoms with E-state index in [2.05, 4.69) is 4.98 Å². The predicted octanol–water partition coefficient (Wildman–Crippen LogP) is 3.45. The smallest absolute Gasteiger partial charge is 0.319 e. The molecule has 0 aliphatic heterocycles. The first-order valence-electron chi connectivity index (χ1n) is 7.62. The number of alkyl halides is 1. The summed E-state index contributed by atoms with van der Waals surface area (Å²) < 4.78 is 32.2. The van der Waals surface area contributed by atoms with Gasteiger partial charge >= 0.3 is 8.25 Å². The Hall–Kier alpha value is -1.01. The first-order chi connectivity index (χ1) is 10.7. The summed E-state index contributed by atoms with van der Waals surface area (Å²) in [6.07, 6.45) is 0. The van der Waals surface area contributed by atoms with Gasteiger partial charge in [0.25, 0.3) is 0 Å². The van der Waals surface area contributed by atoms with Crippen LogP contribution in [0.5, 0.6) is 5.75 Å². The second-order valence-corrected chi connectivity index (χ2v) is 8.61. The van der Waals surface area contributed by atoms with Crippen LogP contribution in [0.3, 0.4) is 0 Å². The second-order valence-electron chi connectivity index (χ2n) is 7.87. The Labute approximate surface area is 142 Å². The molecule has 0 aliphatic carbocycles. The van der Waals surface area contributed by atoms with Crippen molar-refractivity contribution in [3.8, 4) is 5.75 Å². The molecule has 1 heterocycles. The highest BCUT2D eigenvalue weighted by Gasteiger charge is 2.51. The van der Waals surface area contributed by atoms with Gasteiger partial charge in [-0.2, -0.15) is 0 Å². The molecule has 0 amide bonds. The molecule has 0 saturated heterocycles. The van der Waals surface area contributed by atoms with Crippen molar-refractivity contribution in [2.24, 2.45) is 5.41 Å². The summed E-state index contributed by atoms with van der Waals surface area (Å²) in [5, 5.41) is 20.0. The van der Waals surface area contributed by atoms with Crippen molar-refractivity contribution >= 4 is 8.25 Å². The summed E-state index contributed by atoms with van der Waals surface area (Å²) >= 11 is 0. The van der Waals surface area contributed by atoms with Crippen LogP contribution in [0.25, 0.3) is 0 Å². The molecular formula is C16H27FNO5P. The van der Waals surface area contributed by atoms with Crippen LogP contribution in [0.15, 0.2) is 0 Å². The van der Waals surface area contributed by atoms with Gasteiger partial charge in [0.1, 0.15) is 5.75 Å². The lowest BCUT2D eigenvalue weighted by atomic mass is 9.75. The zero-order valence-corrected chi connectivity index (χ0v) is 16.2. The van der Waals surface area contributed by atoms with E-state index in [1.165, 1.54) is 20.8 Å². The number of pyridine rings is 1. The summed E-state index contributed by atoms with van der Waals surface area (Å²) in [6, 6.07) is 0. The molecule has 8 heteroatoms. The van der Waals surface area contributed by atoms with E-state index in [4.69, 9.17) is 4.52 Å². The molecule has 2 atom stereocenters. The largest absolute Gasteiger partial charge is 0.506 e. The van der Waals surface area contributed by atoms with Crippen LogP contribution >= 0.6 is 8.25 Å². The van der Waals surface area contributed by atoms with Crippen molar-refractivity contribution < 1.29 is 28.6 Å². The number of aliphatic hydroxyl groups excluding tert-OH is 1. The van der Waals surface area contributed by atoms with E-state index in [0.717, 1.165) is 0 Å². The van der Waals surface area contributed by atoms with Crippen molar-refractivity contribution in [1.29, 1.82) is 0 Å². The SMILES string of the molecule is Cc1nc(C(C)(C)C)c(C(F)(O[PH](=O)O)C(C)(C)C)c(CO)c1O. The number of hydrogen-bond donors (Lipinski definition) is 3. The minimum absolute atomic E-state index is 0.0897. The Morgan fingerprint density at radius 3 is 2.04 bits per heavy atom. The van der Waals surface area contributed by atoms with E-state index in [1.54, 1.807) is 27.7 Å². The minimum atomic E-state index is -3.65. The van der Waals surface area contributed by atoms with Crippen LogP contribution < -0.4 is 0 Å². The van der Waals surface area contributed by atoms with Crippen LogP contribution in [0.2, 0.25) is 0 Å². The molecule has 0 aliphatic rings. The van der Waals surface area contributed by atoms with Gasteiger partial charge in [-0.05, 0) is 6.92 Å². The van der Waals surface area contributed by atoms with Crippen LogP contribution in [0.1, 0.15) is 64.1 Å². The third-order valence-electron chi connectivity index (χ3n) is 3.83. The number of rotatable bonds is 4. The average molecular weight is 363 g/mol. The summed E-state index contributed by atoms with van der Waals surface area (Å²) in [7, 11) is -3.65. The first kappa shape index (κ1) is 21.0. The van der Waals surface area contributed by atoms with Crippen LogP contribution in [0, 0.1) is 12.3 Å². The minimum Gasteiger partial charge on any atom is -0.506 e. The van der Waals surface area contributed by atoms with E-state index >= 15 is 4.39 Å². The van der Waals surface area contributed by atoms with E-state index in [0.29, 0.717) is 0 Å². The quantitative estimate of drug-likeness (QED) is 0.709. The highest BCUT2D eigenvalue weighted by molar-refractivity contribution is 7.32. The molecule has 0 spiro atoms. The van der Waals surface area contributed by atoms with Crippen molar-refractivity contribution in [3.05, 3.63) is 22.5 Å². The Morgan fingerprint density at radius 1 is 1.21 bits per heavy atom. The maximum atomic E-state index is 16.0. The topological polar surface area (TPSA) is 99.9 Å². The maximum absolute atomic E-state index is 16.0. The third-order valence-corrected chi connectivity index (χ3v) is 4.29. The van der Waals surface area contributed by atoms with Crippen LogP contribution in [-0.4, -0.2) is 20.1 Å². The first-order valence-corrected chi connectivity index (χ1v) is 8.88. The lowest BCUT2D eigenvalue weighted by molar-refractivity contribution is -0.156. The maximum Gasteiger partial charge on any atom is 0.319 e. The Bertz CT molecular complexity index is 651. The van der Waals surface area contributed by atoms with Gasteiger partial charge in [-0.15, -0.1) is 0 Å². The van der Waals surface area contributed by atoms with Crippen molar-refractivity contribution in [2.75, 3.05) is 0 Å². The molecule has 0 aromatic carbocycles. The molecule has 138 valence electrons. The molecule has 2 unspecified atom stereocenters. The number of aliphatic hydroxyl groups is 1. The molecule has 24 heavy (non-hydrogen) atoms. The molecule has 3 N–H and O–H groups in total. The van der Waals surface area contributed by atoms with Gasteiger partial charge in [-0.25, -0.2) is 4.39 Å². The van der Waals surface area contributed by atoms with E-state index in [9.17, 15) is 19.7 Å². The summed E-state index contributed by atoms with van der Waals surface area (Å²) in [4.78, 5) is 13.5. The molecule has 0 saturated carbocycles. The highest BCUT2D eigenvalue weighted by atomic mass is 31.1. The monoisotopic (exact) mass is 363 g/mol. The number of hydrogen-bond acceptors (Lipinski definition) is 5. The van der Waals surface area contributed by atoms with Crippen LogP contribution in [-0.2, 0) is 27.0 Å². The molecule has 0 radical (unpaired) electrons. The van der Waals surface area contributed by atoms with Gasteiger partial charge in [0.2, 0.25) is 5.85 Å². The predicted molar refractivity (Wildman–Crippen MR) is 89.8 cm³/mol. The molecule has 6 nitrogen and oxygen atoms in total. The molecule has 1 aromatic heterocycles. The molecule has 0 bridgehead atoms. The Balaban J connectivity index is 4.01. The number of nitrogens with zero attached hydrogens (tertiary/aromatic N) is 1. The number of aromatic hydroxyl groups is 1. The zero-order valence-electron chi connectivity index (χ0n) is 15.2. The average Bonchev–Trinajstić information content (AvgIpc) is 2.37. The third kappa shape index (κ3) is 3.80. The molecule has 1 rings (SSSR count). The normalized spacial score (nSPS) is 16.8. The Morgan fingerprint density at radius 2 is 1.71 bits per heavy atom. The standard InChI is InChI=1S/C16H27FNO5P/c1-9-12(20)10(8-19)11(13(18-9)14(2,3)4)16(17,15(5,6)7)23-24(21)22/h19-20,24H,8H2,1-7H3,(H,21,22). The van der Waals surface area contributed by atoms with Crippen molar-refractivity contribution in [1.82, 2.24) is 4.98 Å². The number of halogens is 1. The lowest BCUT2D eigenvalue weighted by Gasteiger charge is -2.40. The Kier molecular flexibility index (Phi) is 5.88. The van der Waals surface area contributed by atoms with Gasteiger partial charge in [-0.1, -0.05) is 41.5 Å². The fourth-order valence-corrected chi connectivity index (χ4v) is 3.15. The molecular weight excluding hydrogens is 336 g/mol. The fraction of sp³-hybridized carbons (Fsp3) is 0.688. The van der Waals surface area contributed by atoms with E-state index in [-0.39, 0.29) is 28.3 Å². The van der Waals surface area contributed by atoms with Gasteiger partial charge in [0, 0.05) is 22.0 Å². The van der Waals surface area contributed by atoms with Gasteiger partial charge in [0.15, 0.2) is 0 Å². The molecule has 1 aromatic rings. The summed E-state index contributed by atoms with van der Waals surface area (Å²) in [5.74, 6) is -3.08. The van der Waals surface area contributed by atoms with Crippen molar-refractivity contribution in [2.45, 2.75) is 66.3 Å². The zero-order chi connectivity index (χ0) is 19.1. The highest BCUT2D eigenvalue weighted by Crippen LogP contribution is 2.53. The fourth-order valence-electron chi connectivity index (χ4n) is 2.50. The van der Waals surface area contributed by atoms with Crippen LogP contribution in [0.4, 0.5) is 4.39 Å². The number of aryl methyl sites for hydroxylation is 1. The van der Waals surface area contributed by atoms with Crippen molar-refractivity contribution in [3.63, 3.8) is 0 Å². The number of aromatic nitrogens is 1.